The summed E-state index contributed by atoms with van der Waals surface area (Å²) in [6, 6.07) is 0. The molecule has 0 aliphatic rings. The maximum absolute atomic E-state index is 12.7. The summed E-state index contributed by atoms with van der Waals surface area (Å²) < 4.78 is 16.6. The van der Waals surface area contributed by atoms with Gasteiger partial charge < -0.3 is 14.2 Å². The van der Waals surface area contributed by atoms with Crippen molar-refractivity contribution in [3.05, 3.63) is 97.2 Å². The van der Waals surface area contributed by atoms with E-state index in [1.807, 2.05) is 6.08 Å². The van der Waals surface area contributed by atoms with Gasteiger partial charge in [-0.25, -0.2) is 0 Å². The van der Waals surface area contributed by atoms with Crippen molar-refractivity contribution >= 4 is 17.9 Å². The first kappa shape index (κ1) is 58.3. The summed E-state index contributed by atoms with van der Waals surface area (Å²) in [4.78, 5) is 37.9. The maximum atomic E-state index is 12.7. The predicted octanol–water partition coefficient (Wildman–Crippen LogP) is 16.6. The van der Waals surface area contributed by atoms with Crippen LogP contribution in [0.15, 0.2) is 97.2 Å². The number of hydrogen-bond acceptors (Lipinski definition) is 6. The van der Waals surface area contributed by atoms with E-state index in [-0.39, 0.29) is 31.6 Å². The molecule has 0 rings (SSSR count). The Kier molecular flexibility index (Phi) is 47.0. The van der Waals surface area contributed by atoms with Gasteiger partial charge in [-0.2, -0.15) is 0 Å². The molecular weight excluding hydrogens is 769 g/mol. The van der Waals surface area contributed by atoms with Gasteiger partial charge in [-0.1, -0.05) is 201 Å². The van der Waals surface area contributed by atoms with Crippen molar-refractivity contribution in [1.82, 2.24) is 0 Å². The predicted molar refractivity (Wildman–Crippen MR) is 265 cm³/mol. The van der Waals surface area contributed by atoms with Gasteiger partial charge in [0.25, 0.3) is 0 Å². The van der Waals surface area contributed by atoms with Crippen LogP contribution in [0, 0.1) is 0 Å². The summed E-state index contributed by atoms with van der Waals surface area (Å²) in [6.07, 6.45) is 65.6. The number of unbranched alkanes of at least 4 members (excludes halogenated alkanes) is 18. The molecule has 0 aromatic carbocycles. The van der Waals surface area contributed by atoms with Gasteiger partial charge >= 0.3 is 17.9 Å². The summed E-state index contributed by atoms with van der Waals surface area (Å²) in [6.45, 7) is 6.34. The Morgan fingerprint density at radius 2 is 0.710 bits per heavy atom. The molecule has 6 nitrogen and oxygen atoms in total. The number of hydrogen-bond donors (Lipinski definition) is 0. The zero-order valence-electron chi connectivity index (χ0n) is 40.1. The van der Waals surface area contributed by atoms with E-state index in [9.17, 15) is 14.4 Å². The molecular formula is C56H92O6. The van der Waals surface area contributed by atoms with E-state index in [0.717, 1.165) is 109 Å². The van der Waals surface area contributed by atoms with Crippen LogP contribution in [0.3, 0.4) is 0 Å². The highest BCUT2D eigenvalue weighted by Crippen LogP contribution is 2.13. The first-order chi connectivity index (χ1) is 30.5. The van der Waals surface area contributed by atoms with Crippen molar-refractivity contribution in [1.29, 1.82) is 0 Å². The van der Waals surface area contributed by atoms with Crippen molar-refractivity contribution in [2.75, 3.05) is 13.2 Å². The fourth-order valence-electron chi connectivity index (χ4n) is 6.55. The Balaban J connectivity index is 4.54. The van der Waals surface area contributed by atoms with E-state index in [1.54, 1.807) is 6.08 Å². The number of rotatable bonds is 44. The van der Waals surface area contributed by atoms with Crippen molar-refractivity contribution in [3.63, 3.8) is 0 Å². The molecule has 0 heterocycles. The van der Waals surface area contributed by atoms with Crippen LogP contribution in [0.25, 0.3) is 0 Å². The monoisotopic (exact) mass is 861 g/mol. The zero-order valence-corrected chi connectivity index (χ0v) is 40.1. The van der Waals surface area contributed by atoms with Crippen LogP contribution in [0.4, 0.5) is 0 Å². The average Bonchev–Trinajstić information content (AvgIpc) is 3.27. The lowest BCUT2D eigenvalue weighted by atomic mass is 10.1. The molecule has 0 saturated carbocycles. The highest BCUT2D eigenvalue weighted by molar-refractivity contribution is 5.72. The summed E-state index contributed by atoms with van der Waals surface area (Å²) in [5, 5.41) is 0. The van der Waals surface area contributed by atoms with Crippen LogP contribution in [0.1, 0.15) is 220 Å². The molecule has 1 unspecified atom stereocenters. The van der Waals surface area contributed by atoms with Crippen LogP contribution in [-0.4, -0.2) is 37.2 Å². The minimum Gasteiger partial charge on any atom is -0.462 e. The molecule has 0 fully saturated rings. The van der Waals surface area contributed by atoms with E-state index in [1.165, 1.54) is 64.2 Å². The van der Waals surface area contributed by atoms with Crippen LogP contribution < -0.4 is 0 Å². The molecule has 0 saturated heterocycles. The minimum atomic E-state index is -0.841. The molecule has 352 valence electrons. The maximum Gasteiger partial charge on any atom is 0.310 e. The van der Waals surface area contributed by atoms with Crippen LogP contribution in [0.2, 0.25) is 0 Å². The van der Waals surface area contributed by atoms with Crippen molar-refractivity contribution < 1.29 is 28.6 Å². The number of ether oxygens (including phenoxy) is 3. The lowest BCUT2D eigenvalue weighted by molar-refractivity contribution is -0.166. The number of allylic oxidation sites excluding steroid dienone is 15. The lowest BCUT2D eigenvalue weighted by Gasteiger charge is -2.18. The van der Waals surface area contributed by atoms with Gasteiger partial charge in [-0.15, -0.1) is 0 Å². The third kappa shape index (κ3) is 47.4. The van der Waals surface area contributed by atoms with Gasteiger partial charge in [0.1, 0.15) is 13.2 Å². The van der Waals surface area contributed by atoms with Gasteiger partial charge in [0.15, 0.2) is 6.10 Å². The van der Waals surface area contributed by atoms with Gasteiger partial charge in [0.2, 0.25) is 0 Å². The van der Waals surface area contributed by atoms with Gasteiger partial charge in [-0.05, 0) is 96.3 Å². The van der Waals surface area contributed by atoms with E-state index < -0.39 is 12.1 Å². The quantitative estimate of drug-likeness (QED) is 0.0263. The molecule has 0 amide bonds. The summed E-state index contributed by atoms with van der Waals surface area (Å²) in [5.41, 5.74) is 0. The molecule has 1 atom stereocenters. The van der Waals surface area contributed by atoms with Gasteiger partial charge in [-0.3, -0.25) is 14.4 Å². The Labute approximate surface area is 381 Å². The number of esters is 3. The summed E-state index contributed by atoms with van der Waals surface area (Å²) in [5.74, 6) is -1.08. The van der Waals surface area contributed by atoms with Crippen molar-refractivity contribution in [2.24, 2.45) is 0 Å². The molecule has 0 bridgehead atoms. The largest absolute Gasteiger partial charge is 0.462 e. The second-order valence-corrected chi connectivity index (χ2v) is 16.4. The fourth-order valence-corrected chi connectivity index (χ4v) is 6.55. The van der Waals surface area contributed by atoms with E-state index in [4.69, 9.17) is 14.2 Å². The molecule has 62 heavy (non-hydrogen) atoms. The Bertz CT molecular complexity index is 1260. The first-order valence-electron chi connectivity index (χ1n) is 25.2. The summed E-state index contributed by atoms with van der Waals surface area (Å²) in [7, 11) is 0. The Morgan fingerprint density at radius 1 is 0.355 bits per heavy atom. The lowest BCUT2D eigenvalue weighted by Crippen LogP contribution is -2.30. The normalized spacial score (nSPS) is 12.9. The number of carbonyl (C=O) groups is 3. The SMILES string of the molecule is CC/C=C\C/C=C\C/C=C\C/C=C\C/C=C\CC(=O)OC(COC(=O)CCCCCCC/C=C\C/C=C\CCC)COC(=O)CCCCCCC/C=C\CCCCCCCCC. The number of carbonyl (C=O) groups excluding carboxylic acids is 3. The molecule has 0 N–H and O–H groups in total. The van der Waals surface area contributed by atoms with Crippen LogP contribution in [-0.2, 0) is 28.6 Å². The van der Waals surface area contributed by atoms with E-state index >= 15 is 0 Å². The third-order valence-electron chi connectivity index (χ3n) is 10.3. The van der Waals surface area contributed by atoms with Gasteiger partial charge in [0.05, 0.1) is 6.42 Å². The Morgan fingerprint density at radius 3 is 1.15 bits per heavy atom. The van der Waals surface area contributed by atoms with E-state index in [2.05, 4.69) is 106 Å². The van der Waals surface area contributed by atoms with Crippen molar-refractivity contribution in [3.8, 4) is 0 Å². The van der Waals surface area contributed by atoms with Gasteiger partial charge in [0, 0.05) is 12.8 Å². The first-order valence-corrected chi connectivity index (χ1v) is 25.2. The Hall–Kier alpha value is -3.67. The molecule has 0 radical (unpaired) electrons. The smallest absolute Gasteiger partial charge is 0.310 e. The average molecular weight is 861 g/mol. The minimum absolute atomic E-state index is 0.0900. The van der Waals surface area contributed by atoms with Crippen LogP contribution >= 0.6 is 0 Å². The molecule has 0 aromatic heterocycles. The summed E-state index contributed by atoms with van der Waals surface area (Å²) >= 11 is 0. The van der Waals surface area contributed by atoms with E-state index in [0.29, 0.717) is 19.3 Å². The highest BCUT2D eigenvalue weighted by Gasteiger charge is 2.19. The third-order valence-corrected chi connectivity index (χ3v) is 10.3. The standard InChI is InChI=1S/C56H92O6/c1-4-7-10-13-16-19-22-25-27-29-31-34-37-40-43-46-49-55(58)61-52-53(51-60-54(57)48-45-42-39-36-33-30-24-21-18-15-12-9-6-3)62-56(59)50-47-44-41-38-35-32-28-26-23-20-17-14-11-8-5-2/h8,11-12,15,17,20-21,24,26-29,35,38,44,47,53H,4-7,9-10,13-14,16,18-19,22-23,25,30-34,36-37,39-43,45-46,48-52H2,1-3H3/b11-8-,15-12-,20-17-,24-21-,28-26-,29-27-,38-35-,47-44-. The molecule has 0 aromatic rings. The molecule has 0 spiro atoms. The molecule has 0 aliphatic carbocycles. The van der Waals surface area contributed by atoms with Crippen LogP contribution in [0.5, 0.6) is 0 Å². The topological polar surface area (TPSA) is 78.9 Å². The fraction of sp³-hybridized carbons (Fsp3) is 0.661. The second kappa shape index (κ2) is 50.0. The molecule has 0 aliphatic heterocycles. The second-order valence-electron chi connectivity index (χ2n) is 16.4. The van der Waals surface area contributed by atoms with Crippen molar-refractivity contribution in [2.45, 2.75) is 226 Å². The highest BCUT2D eigenvalue weighted by atomic mass is 16.6. The molecule has 6 heteroatoms. The zero-order chi connectivity index (χ0) is 45.1.